The average molecular weight is 538 g/mol. The Kier molecular flexibility index (Phi) is 6.14. The Hall–Kier alpha value is -3.74. The molecule has 1 aliphatic heterocycles. The molecule has 0 unspecified atom stereocenters. The molecule has 0 bridgehead atoms. The van der Waals surface area contributed by atoms with Gasteiger partial charge in [-0.3, -0.25) is 14.9 Å². The number of pyridine rings is 1. The third-order valence-electron chi connectivity index (χ3n) is 6.33. The molecule has 0 radical (unpaired) electrons. The minimum atomic E-state index is -0.364. The molecule has 1 fully saturated rings. The highest BCUT2D eigenvalue weighted by molar-refractivity contribution is 7.17. The summed E-state index contributed by atoms with van der Waals surface area (Å²) in [6.45, 7) is 1.34. The van der Waals surface area contributed by atoms with Gasteiger partial charge < -0.3 is 14.8 Å². The van der Waals surface area contributed by atoms with Crippen molar-refractivity contribution in [3.63, 3.8) is 0 Å². The number of carbonyl (C=O) groups is 1. The van der Waals surface area contributed by atoms with Gasteiger partial charge in [0.25, 0.3) is 5.91 Å². The quantitative estimate of drug-likeness (QED) is 0.350. The molecule has 1 aliphatic rings. The summed E-state index contributed by atoms with van der Waals surface area (Å²) in [7, 11) is 2.00. The largest absolute Gasteiger partial charge is 0.346 e. The highest BCUT2D eigenvalue weighted by Crippen LogP contribution is 2.34. The molecule has 5 heterocycles. The summed E-state index contributed by atoms with van der Waals surface area (Å²) < 4.78 is 17.5. The Morgan fingerprint density at radius 1 is 1.22 bits per heavy atom. The van der Waals surface area contributed by atoms with Crippen LogP contribution in [0.5, 0.6) is 0 Å². The van der Waals surface area contributed by atoms with Gasteiger partial charge in [-0.2, -0.15) is 5.10 Å². The minimum Gasteiger partial charge on any atom is -0.346 e. The average Bonchev–Trinajstić information content (AvgIpc) is 3.63. The number of nitrogens with one attached hydrogen (secondary N) is 2. The molecule has 13 heteroatoms. The number of carbonyl (C=O) groups excluding carboxylic acids is 1. The van der Waals surface area contributed by atoms with E-state index in [4.69, 9.17) is 16.6 Å². The summed E-state index contributed by atoms with van der Waals surface area (Å²) in [5.41, 5.74) is 2.41. The van der Waals surface area contributed by atoms with Crippen LogP contribution in [0.4, 0.5) is 4.39 Å². The molecule has 2 N–H and O–H groups in total. The van der Waals surface area contributed by atoms with E-state index >= 15 is 0 Å². The Morgan fingerprint density at radius 3 is 2.84 bits per heavy atom. The third-order valence-corrected chi connectivity index (χ3v) is 7.45. The Bertz CT molecular complexity index is 1580. The number of aromatic amines is 1. The minimum absolute atomic E-state index is 0.117. The lowest BCUT2D eigenvalue weighted by molar-refractivity contribution is 0.0893. The fourth-order valence-electron chi connectivity index (χ4n) is 4.85. The molecular formula is C24H21ClFN9OS. The summed E-state index contributed by atoms with van der Waals surface area (Å²) in [4.78, 5) is 32.5. The maximum atomic E-state index is 15.0. The molecule has 1 saturated heterocycles. The van der Waals surface area contributed by atoms with Gasteiger partial charge in [0.1, 0.15) is 33.5 Å². The molecule has 2 atom stereocenters. The Labute approximate surface area is 219 Å². The van der Waals surface area contributed by atoms with Gasteiger partial charge in [-0.25, -0.2) is 19.3 Å². The second-order valence-electron chi connectivity index (χ2n) is 8.93. The van der Waals surface area contributed by atoms with Crippen molar-refractivity contribution in [2.24, 2.45) is 0 Å². The number of halogens is 2. The maximum absolute atomic E-state index is 15.0. The van der Waals surface area contributed by atoms with Crippen molar-refractivity contribution in [2.75, 3.05) is 20.1 Å². The van der Waals surface area contributed by atoms with Crippen molar-refractivity contribution < 1.29 is 9.18 Å². The summed E-state index contributed by atoms with van der Waals surface area (Å²) >= 11 is 7.10. The second kappa shape index (κ2) is 9.61. The number of fused-ring (bicyclic) bond motifs is 1. The van der Waals surface area contributed by atoms with E-state index in [9.17, 15) is 9.18 Å². The molecule has 5 aromatic rings. The van der Waals surface area contributed by atoms with E-state index in [1.165, 1.54) is 18.6 Å². The van der Waals surface area contributed by atoms with Crippen LogP contribution < -0.4 is 5.32 Å². The molecule has 6 rings (SSSR count). The Balaban J connectivity index is 1.42. The van der Waals surface area contributed by atoms with Gasteiger partial charge >= 0.3 is 0 Å². The van der Waals surface area contributed by atoms with Crippen molar-refractivity contribution in [3.8, 4) is 22.9 Å². The van der Waals surface area contributed by atoms with Crippen molar-refractivity contribution in [1.82, 2.24) is 44.9 Å². The molecule has 188 valence electrons. The van der Waals surface area contributed by atoms with Gasteiger partial charge in [0.15, 0.2) is 10.8 Å². The zero-order chi connectivity index (χ0) is 25.5. The highest BCUT2D eigenvalue weighted by atomic mass is 35.5. The number of H-pyrrole nitrogens is 1. The number of hydrogen-bond acceptors (Lipinski definition) is 8. The van der Waals surface area contributed by atoms with Crippen LogP contribution in [0, 0.1) is 5.82 Å². The van der Waals surface area contributed by atoms with Crippen LogP contribution in [0.15, 0.2) is 49.1 Å². The van der Waals surface area contributed by atoms with Gasteiger partial charge in [-0.05, 0) is 31.7 Å². The van der Waals surface area contributed by atoms with Crippen LogP contribution in [0.25, 0.3) is 33.9 Å². The van der Waals surface area contributed by atoms with E-state index in [0.717, 1.165) is 16.9 Å². The first-order valence-corrected chi connectivity index (χ1v) is 12.7. The molecular weight excluding hydrogens is 517 g/mol. The summed E-state index contributed by atoms with van der Waals surface area (Å²) in [6, 6.07) is 8.18. The number of amides is 1. The van der Waals surface area contributed by atoms with E-state index in [1.807, 2.05) is 17.7 Å². The zero-order valence-corrected chi connectivity index (χ0v) is 21.2. The molecule has 0 spiro atoms. The number of nitrogens with zero attached hydrogens (tertiary/aromatic N) is 7. The standard InChI is InChI=1S/C24H21ClFN9OS/c1-34-10-13(31-23(36)24-28-9-20(25)37-24)6-14(11-34)35-19-7-17(21-29-12-30-33-21)27-8-18(19)32-22(35)15-4-2-3-5-16(15)26/h2-5,7-9,12-14H,6,10-11H2,1H3,(H,31,36)(H,29,30,33)/t13-,14+/m0/s1. The normalized spacial score (nSPS) is 18.4. The molecule has 0 saturated carbocycles. The number of likely N-dealkylation sites (tertiary alicyclic amines) is 1. The first-order chi connectivity index (χ1) is 18.0. The van der Waals surface area contributed by atoms with E-state index in [-0.39, 0.29) is 23.8 Å². The first kappa shape index (κ1) is 23.6. The summed E-state index contributed by atoms with van der Waals surface area (Å²) in [5, 5.41) is 10.2. The Morgan fingerprint density at radius 2 is 2.08 bits per heavy atom. The van der Waals surface area contributed by atoms with Crippen molar-refractivity contribution in [3.05, 3.63) is 64.2 Å². The molecule has 0 aliphatic carbocycles. The van der Waals surface area contributed by atoms with Crippen LogP contribution in [0.2, 0.25) is 4.34 Å². The monoisotopic (exact) mass is 537 g/mol. The van der Waals surface area contributed by atoms with Crippen molar-refractivity contribution >= 4 is 39.9 Å². The lowest BCUT2D eigenvalue weighted by atomic mass is 10.00. The highest BCUT2D eigenvalue weighted by Gasteiger charge is 2.32. The van der Waals surface area contributed by atoms with Crippen molar-refractivity contribution in [2.45, 2.75) is 18.5 Å². The van der Waals surface area contributed by atoms with Gasteiger partial charge in [0, 0.05) is 19.1 Å². The number of imidazole rings is 1. The predicted octanol–water partition coefficient (Wildman–Crippen LogP) is 3.81. The van der Waals surface area contributed by atoms with Gasteiger partial charge in [-0.15, -0.1) is 0 Å². The van der Waals surface area contributed by atoms with Gasteiger partial charge in [-0.1, -0.05) is 35.1 Å². The maximum Gasteiger partial charge on any atom is 0.280 e. The van der Waals surface area contributed by atoms with Crippen LogP contribution in [-0.2, 0) is 0 Å². The second-order valence-corrected chi connectivity index (χ2v) is 10.6. The summed E-state index contributed by atoms with van der Waals surface area (Å²) in [5.74, 6) is 0.395. The number of aromatic nitrogens is 7. The van der Waals surface area contributed by atoms with Crippen LogP contribution in [0.3, 0.4) is 0 Å². The predicted molar refractivity (Wildman–Crippen MR) is 138 cm³/mol. The van der Waals surface area contributed by atoms with Gasteiger partial charge in [0.05, 0.1) is 29.5 Å². The molecule has 4 aromatic heterocycles. The smallest absolute Gasteiger partial charge is 0.280 e. The van der Waals surface area contributed by atoms with Crippen LogP contribution >= 0.6 is 22.9 Å². The number of hydrogen-bond donors (Lipinski definition) is 2. The summed E-state index contributed by atoms with van der Waals surface area (Å²) in [6.07, 6.45) is 5.16. The van der Waals surface area contributed by atoms with E-state index in [1.54, 1.807) is 24.4 Å². The van der Waals surface area contributed by atoms with Crippen molar-refractivity contribution in [1.29, 1.82) is 0 Å². The van der Waals surface area contributed by atoms with Crippen LogP contribution in [-0.4, -0.2) is 71.7 Å². The zero-order valence-electron chi connectivity index (χ0n) is 19.6. The molecule has 1 amide bonds. The fourth-order valence-corrected chi connectivity index (χ4v) is 5.66. The third kappa shape index (κ3) is 4.59. The number of piperidine rings is 1. The van der Waals surface area contributed by atoms with Gasteiger partial charge in [0.2, 0.25) is 0 Å². The lowest BCUT2D eigenvalue weighted by Crippen LogP contribution is -2.50. The SMILES string of the molecule is CN1C[C@@H](NC(=O)c2ncc(Cl)s2)C[C@@H](n2c(-c3ccccc3F)nc3cnc(-c4ncn[nH]4)cc32)C1. The van der Waals surface area contributed by atoms with E-state index in [2.05, 4.69) is 35.4 Å². The molecule has 1 aromatic carbocycles. The van der Waals surface area contributed by atoms with Crippen LogP contribution in [0.1, 0.15) is 22.3 Å². The van der Waals surface area contributed by atoms with E-state index < -0.39 is 0 Å². The number of likely N-dealkylation sites (N-methyl/N-ethyl adjacent to an activating group) is 1. The lowest BCUT2D eigenvalue weighted by Gasteiger charge is -2.37. The van der Waals surface area contributed by atoms with E-state index in [0.29, 0.717) is 57.3 Å². The first-order valence-electron chi connectivity index (χ1n) is 11.6. The fraction of sp³-hybridized carbons (Fsp3) is 0.250. The topological polar surface area (TPSA) is 118 Å². The number of thiazole rings is 1. The molecule has 37 heavy (non-hydrogen) atoms. The number of rotatable bonds is 5. The number of benzene rings is 1. The molecule has 10 nitrogen and oxygen atoms in total.